The van der Waals surface area contributed by atoms with Crippen LogP contribution < -0.4 is 0 Å². The molecule has 0 aliphatic heterocycles. The van der Waals surface area contributed by atoms with Crippen molar-refractivity contribution in [2.45, 2.75) is 0 Å². The Hall–Kier alpha value is 0.209. The normalized spacial score (nSPS) is 4.00. The topological polar surface area (TPSA) is 17.1 Å². The quantitative estimate of drug-likeness (QED) is 0.383. The van der Waals surface area contributed by atoms with Crippen LogP contribution in [-0.4, -0.2) is 30.2 Å². The van der Waals surface area contributed by atoms with Crippen molar-refractivity contribution in [1.82, 2.24) is 0 Å². The molecule has 0 amide bonds. The van der Waals surface area contributed by atoms with E-state index in [1.807, 2.05) is 0 Å². The van der Waals surface area contributed by atoms with Crippen LogP contribution in [0.1, 0.15) is 0 Å². The van der Waals surface area contributed by atoms with Gasteiger partial charge in [-0.2, -0.15) is 0 Å². The number of hydrogen-bond acceptors (Lipinski definition) is 1. The first-order chi connectivity index (χ1) is 1.91. The molecule has 1 nitrogen and oxygen atoms in total. The van der Waals surface area contributed by atoms with Gasteiger partial charge in [-0.25, -0.2) is 0 Å². The fraction of sp³-hybridized carbons (Fsp3) is 0. The molecule has 0 aromatic rings. The first-order valence-corrected chi connectivity index (χ1v) is 0.901. The van der Waals surface area contributed by atoms with Crippen molar-refractivity contribution in [1.29, 1.82) is 0 Å². The Morgan fingerprint density at radius 2 is 2.00 bits per heavy atom. The van der Waals surface area contributed by atoms with Crippen molar-refractivity contribution in [3.05, 3.63) is 12.7 Å². The second-order valence-corrected chi connectivity index (χ2v) is 0.322. The van der Waals surface area contributed by atoms with Crippen LogP contribution in [0.25, 0.3) is 0 Å². The Balaban J connectivity index is 0. The Kier molecular flexibility index (Phi) is 15.9. The SMILES string of the molecule is C=C[C]=O.[SnH2]. The molecule has 0 rings (SSSR count). The van der Waals surface area contributed by atoms with Gasteiger partial charge in [-0.05, 0) is 6.08 Å². The number of carbonyl (C=O) groups excluding carboxylic acids is 1. The summed E-state index contributed by atoms with van der Waals surface area (Å²) in [6.45, 7) is 3.06. The first kappa shape index (κ1) is 8.96. The van der Waals surface area contributed by atoms with Crippen LogP contribution in [0.15, 0.2) is 12.7 Å². The second kappa shape index (κ2) is 8.88. The van der Waals surface area contributed by atoms with Gasteiger partial charge in [0.25, 0.3) is 0 Å². The summed E-state index contributed by atoms with van der Waals surface area (Å²) >= 11 is 0. The molecule has 0 spiro atoms. The summed E-state index contributed by atoms with van der Waals surface area (Å²) in [5, 5.41) is 0. The van der Waals surface area contributed by atoms with E-state index in [1.54, 1.807) is 0 Å². The van der Waals surface area contributed by atoms with E-state index >= 15 is 0 Å². The molecule has 0 bridgehead atoms. The van der Waals surface area contributed by atoms with Gasteiger partial charge >= 0.3 is 23.9 Å². The van der Waals surface area contributed by atoms with Gasteiger partial charge in [-0.15, -0.1) is 0 Å². The summed E-state index contributed by atoms with van der Waals surface area (Å²) in [5.41, 5.74) is 0. The summed E-state index contributed by atoms with van der Waals surface area (Å²) < 4.78 is 0. The molecule has 0 aromatic carbocycles. The third-order valence-electron chi connectivity index (χ3n) is 0.0833. The molecule has 0 saturated carbocycles. The van der Waals surface area contributed by atoms with Gasteiger partial charge in [0.05, 0.1) is 0 Å². The third kappa shape index (κ3) is 14.1. The number of allylic oxidation sites excluding steroid dienone is 1. The summed E-state index contributed by atoms with van der Waals surface area (Å²) in [6.07, 6.45) is 2.51. The third-order valence-corrected chi connectivity index (χ3v) is 0.0833. The summed E-state index contributed by atoms with van der Waals surface area (Å²) in [4.78, 5) is 8.93. The Morgan fingerprint density at radius 1 is 1.80 bits per heavy atom. The van der Waals surface area contributed by atoms with Gasteiger partial charge in [0.15, 0.2) is 0 Å². The van der Waals surface area contributed by atoms with Crippen molar-refractivity contribution in [3.8, 4) is 0 Å². The van der Waals surface area contributed by atoms with Crippen LogP contribution in [0.2, 0.25) is 0 Å². The molecule has 0 heterocycles. The maximum atomic E-state index is 8.93. The van der Waals surface area contributed by atoms with Crippen LogP contribution in [0.3, 0.4) is 0 Å². The molecule has 0 N–H and O–H groups in total. The van der Waals surface area contributed by atoms with Gasteiger partial charge in [-0.1, -0.05) is 6.58 Å². The minimum atomic E-state index is 0. The molecule has 3 radical (unpaired) electrons. The van der Waals surface area contributed by atoms with E-state index in [0.717, 1.165) is 6.08 Å². The second-order valence-electron chi connectivity index (χ2n) is 0.322. The molecular weight excluding hydrogens is 171 g/mol. The molecular formula is C3H5OSn. The molecule has 0 aliphatic carbocycles. The fourth-order valence-electron chi connectivity index (χ4n) is 0. The van der Waals surface area contributed by atoms with Gasteiger partial charge in [-0.3, -0.25) is 4.79 Å². The van der Waals surface area contributed by atoms with Crippen molar-refractivity contribution >= 4 is 30.2 Å². The van der Waals surface area contributed by atoms with E-state index in [0.29, 0.717) is 0 Å². The zero-order chi connectivity index (χ0) is 3.41. The summed E-state index contributed by atoms with van der Waals surface area (Å²) in [5.74, 6) is 0. The predicted molar refractivity (Wildman–Crippen MR) is 24.4 cm³/mol. The summed E-state index contributed by atoms with van der Waals surface area (Å²) in [7, 11) is 0. The Labute approximate surface area is 48.0 Å². The molecule has 0 aromatic heterocycles. The predicted octanol–water partition coefficient (Wildman–Crippen LogP) is -0.634. The van der Waals surface area contributed by atoms with Crippen LogP contribution in [-0.2, 0) is 4.79 Å². The van der Waals surface area contributed by atoms with Crippen molar-refractivity contribution in [3.63, 3.8) is 0 Å². The standard InChI is InChI=1S/C3H3O.Sn.2H/c1-2-3-4;;;/h2H,1H2;;;. The summed E-state index contributed by atoms with van der Waals surface area (Å²) in [6, 6.07) is 0. The van der Waals surface area contributed by atoms with Crippen molar-refractivity contribution in [2.24, 2.45) is 0 Å². The monoisotopic (exact) mass is 177 g/mol. The molecule has 0 atom stereocenters. The zero-order valence-electron chi connectivity index (χ0n) is 2.90. The molecule has 0 saturated heterocycles. The van der Waals surface area contributed by atoms with E-state index in [-0.39, 0.29) is 23.9 Å². The molecule has 2 heteroatoms. The molecule has 0 unspecified atom stereocenters. The number of rotatable bonds is 1. The van der Waals surface area contributed by atoms with Crippen molar-refractivity contribution < 1.29 is 4.79 Å². The first-order valence-electron chi connectivity index (χ1n) is 0.901. The fourth-order valence-corrected chi connectivity index (χ4v) is 0. The van der Waals surface area contributed by atoms with Gasteiger partial charge < -0.3 is 0 Å². The van der Waals surface area contributed by atoms with Crippen LogP contribution >= 0.6 is 0 Å². The average molecular weight is 176 g/mol. The van der Waals surface area contributed by atoms with Gasteiger partial charge in [0.1, 0.15) is 0 Å². The molecule has 5 heavy (non-hydrogen) atoms. The maximum absolute atomic E-state index is 8.93. The van der Waals surface area contributed by atoms with E-state index in [2.05, 4.69) is 6.58 Å². The molecule has 27 valence electrons. The van der Waals surface area contributed by atoms with Crippen LogP contribution in [0.4, 0.5) is 0 Å². The van der Waals surface area contributed by atoms with Gasteiger partial charge in [0, 0.05) is 0 Å². The minimum absolute atomic E-state index is 0. The Bertz CT molecular complexity index is 27.9. The van der Waals surface area contributed by atoms with Crippen molar-refractivity contribution in [2.75, 3.05) is 0 Å². The van der Waals surface area contributed by atoms with E-state index in [4.69, 9.17) is 4.79 Å². The average Bonchev–Trinajstić information content (AvgIpc) is 1.37. The number of hydrogen-bond donors (Lipinski definition) is 0. The van der Waals surface area contributed by atoms with E-state index < -0.39 is 0 Å². The van der Waals surface area contributed by atoms with Gasteiger partial charge in [0.2, 0.25) is 6.29 Å². The molecule has 0 aliphatic rings. The zero-order valence-corrected chi connectivity index (χ0v) is 6.94. The van der Waals surface area contributed by atoms with E-state index in [1.165, 1.54) is 6.29 Å². The molecule has 0 fully saturated rings. The van der Waals surface area contributed by atoms with E-state index in [9.17, 15) is 0 Å². The van der Waals surface area contributed by atoms with Crippen LogP contribution in [0, 0.1) is 0 Å². The Morgan fingerprint density at radius 3 is 2.00 bits per heavy atom. The van der Waals surface area contributed by atoms with Crippen LogP contribution in [0.5, 0.6) is 0 Å².